The summed E-state index contributed by atoms with van der Waals surface area (Å²) in [7, 11) is 6.76. The van der Waals surface area contributed by atoms with Crippen LogP contribution in [0.25, 0.3) is 0 Å². The highest BCUT2D eigenvalue weighted by atomic mass is 16.5. The van der Waals surface area contributed by atoms with E-state index in [2.05, 4.69) is 5.32 Å². The van der Waals surface area contributed by atoms with Gasteiger partial charge in [-0.25, -0.2) is 0 Å². The molecule has 1 N–H and O–H groups in total. The molecule has 80 valence electrons. The minimum atomic E-state index is -0.195. The molecule has 0 aromatic rings. The molecular formula is C9H18BNO3. The van der Waals surface area contributed by atoms with E-state index in [1.54, 1.807) is 7.11 Å². The Bertz CT molecular complexity index is 164. The molecule has 0 bridgehead atoms. The molecule has 0 aliphatic carbocycles. The van der Waals surface area contributed by atoms with Gasteiger partial charge in [0.2, 0.25) is 5.91 Å². The zero-order valence-electron chi connectivity index (χ0n) is 9.08. The second-order valence-electron chi connectivity index (χ2n) is 3.31. The van der Waals surface area contributed by atoms with E-state index in [1.807, 2.05) is 13.8 Å². The number of hydrogen-bond acceptors (Lipinski definition) is 3. The van der Waals surface area contributed by atoms with Crippen LogP contribution in [0.3, 0.4) is 0 Å². The first kappa shape index (κ1) is 13.5. The summed E-state index contributed by atoms with van der Waals surface area (Å²) in [6.45, 7) is 4.75. The Kier molecular flexibility index (Phi) is 7.52. The molecule has 2 radical (unpaired) electrons. The molecule has 0 aromatic heterocycles. The van der Waals surface area contributed by atoms with E-state index in [4.69, 9.17) is 17.3 Å². The van der Waals surface area contributed by atoms with Gasteiger partial charge in [-0.1, -0.05) is 0 Å². The highest BCUT2D eigenvalue weighted by Crippen LogP contribution is 1.93. The van der Waals surface area contributed by atoms with Crippen LogP contribution in [0.1, 0.15) is 13.8 Å². The van der Waals surface area contributed by atoms with E-state index in [-0.39, 0.29) is 24.4 Å². The third-order valence-electron chi connectivity index (χ3n) is 1.55. The monoisotopic (exact) mass is 199 g/mol. The van der Waals surface area contributed by atoms with Gasteiger partial charge in [-0.2, -0.15) is 0 Å². The minimum Gasteiger partial charge on any atom is -0.382 e. The Hall–Kier alpha value is -0.545. The number of carbonyl (C=O) groups excluding carboxylic acids is 1. The normalized spacial score (nSPS) is 12.9. The average Bonchev–Trinajstić information content (AvgIpc) is 2.14. The van der Waals surface area contributed by atoms with Crippen LogP contribution in [0, 0.1) is 0 Å². The van der Waals surface area contributed by atoms with Crippen molar-refractivity contribution in [3.63, 3.8) is 0 Å². The van der Waals surface area contributed by atoms with Crippen LogP contribution in [-0.2, 0) is 14.3 Å². The van der Waals surface area contributed by atoms with Gasteiger partial charge in [0.15, 0.2) is 0 Å². The summed E-state index contributed by atoms with van der Waals surface area (Å²) in [6.07, 6.45) is 0.131. The van der Waals surface area contributed by atoms with Crippen LogP contribution in [0.2, 0.25) is 6.32 Å². The van der Waals surface area contributed by atoms with Crippen molar-refractivity contribution in [3.8, 4) is 0 Å². The number of carbonyl (C=O) groups is 1. The number of rotatable bonds is 7. The highest BCUT2D eigenvalue weighted by Gasteiger charge is 2.11. The fraction of sp³-hybridized carbons (Fsp3) is 0.889. The number of amides is 1. The zero-order chi connectivity index (χ0) is 11.0. The molecule has 0 aliphatic heterocycles. The number of hydrogen-bond donors (Lipinski definition) is 1. The first-order valence-corrected chi connectivity index (χ1v) is 4.70. The highest BCUT2D eigenvalue weighted by molar-refractivity contribution is 6.19. The van der Waals surface area contributed by atoms with E-state index in [0.29, 0.717) is 13.2 Å². The van der Waals surface area contributed by atoms with Crippen molar-refractivity contribution < 1.29 is 14.3 Å². The van der Waals surface area contributed by atoms with Crippen LogP contribution in [0.5, 0.6) is 0 Å². The van der Waals surface area contributed by atoms with Gasteiger partial charge in [0.05, 0.1) is 33.2 Å². The summed E-state index contributed by atoms with van der Waals surface area (Å²) >= 11 is 0. The van der Waals surface area contributed by atoms with Gasteiger partial charge in [0.25, 0.3) is 0 Å². The molecule has 14 heavy (non-hydrogen) atoms. The van der Waals surface area contributed by atoms with E-state index in [0.717, 1.165) is 0 Å². The Balaban J connectivity index is 3.82. The maximum Gasteiger partial charge on any atom is 0.211 e. The van der Waals surface area contributed by atoms with Gasteiger partial charge in [-0.15, -0.1) is 0 Å². The molecule has 0 aromatic carbocycles. The van der Waals surface area contributed by atoms with Crippen LogP contribution >= 0.6 is 0 Å². The second kappa shape index (κ2) is 7.82. The van der Waals surface area contributed by atoms with Gasteiger partial charge in [0, 0.05) is 7.11 Å². The smallest absolute Gasteiger partial charge is 0.211 e. The van der Waals surface area contributed by atoms with E-state index < -0.39 is 0 Å². The summed E-state index contributed by atoms with van der Waals surface area (Å²) in [6, 6.07) is -0.126. The van der Waals surface area contributed by atoms with Crippen molar-refractivity contribution >= 4 is 13.8 Å². The van der Waals surface area contributed by atoms with Crippen molar-refractivity contribution in [1.82, 2.24) is 5.32 Å². The average molecular weight is 199 g/mol. The number of ether oxygens (including phenoxy) is 2. The maximum absolute atomic E-state index is 11.0. The summed E-state index contributed by atoms with van der Waals surface area (Å²) in [5, 5.41) is 2.71. The molecule has 5 heteroatoms. The molecular weight excluding hydrogens is 181 g/mol. The van der Waals surface area contributed by atoms with Crippen LogP contribution < -0.4 is 5.32 Å². The summed E-state index contributed by atoms with van der Waals surface area (Å²) in [5.74, 6) is -0.195. The number of nitrogens with one attached hydrogen (secondary N) is 1. The van der Waals surface area contributed by atoms with Gasteiger partial charge in [0.1, 0.15) is 0 Å². The predicted octanol–water partition coefficient (Wildman–Crippen LogP) is 0.129. The lowest BCUT2D eigenvalue weighted by Crippen LogP contribution is -2.41. The second-order valence-corrected chi connectivity index (χ2v) is 3.31. The maximum atomic E-state index is 11.0. The van der Waals surface area contributed by atoms with Crippen molar-refractivity contribution in [1.29, 1.82) is 0 Å². The molecule has 0 aliphatic rings. The molecule has 0 fully saturated rings. The predicted molar refractivity (Wildman–Crippen MR) is 55.5 cm³/mol. The molecule has 0 spiro atoms. The van der Waals surface area contributed by atoms with Crippen molar-refractivity contribution in [2.24, 2.45) is 0 Å². The van der Waals surface area contributed by atoms with Crippen LogP contribution in [0.15, 0.2) is 0 Å². The summed E-state index contributed by atoms with van der Waals surface area (Å²) < 4.78 is 10.3. The molecule has 1 atom stereocenters. The fourth-order valence-corrected chi connectivity index (χ4v) is 0.928. The van der Waals surface area contributed by atoms with Crippen molar-refractivity contribution in [2.75, 3.05) is 20.3 Å². The Morgan fingerprint density at radius 3 is 2.50 bits per heavy atom. The molecule has 0 saturated carbocycles. The third kappa shape index (κ3) is 6.92. The molecule has 1 amide bonds. The largest absolute Gasteiger partial charge is 0.382 e. The SMILES string of the molecule is [B]CC(=O)NC(COC)COC(C)C. The van der Waals surface area contributed by atoms with Crippen molar-refractivity contribution in [2.45, 2.75) is 32.3 Å². The fourth-order valence-electron chi connectivity index (χ4n) is 0.928. The lowest BCUT2D eigenvalue weighted by molar-refractivity contribution is -0.120. The van der Waals surface area contributed by atoms with E-state index in [9.17, 15) is 4.79 Å². The van der Waals surface area contributed by atoms with E-state index >= 15 is 0 Å². The third-order valence-corrected chi connectivity index (χ3v) is 1.55. The Morgan fingerprint density at radius 1 is 1.43 bits per heavy atom. The van der Waals surface area contributed by atoms with Crippen LogP contribution in [0.4, 0.5) is 0 Å². The lowest BCUT2D eigenvalue weighted by Gasteiger charge is -2.19. The molecule has 0 heterocycles. The first-order valence-electron chi connectivity index (χ1n) is 4.70. The summed E-state index contributed by atoms with van der Waals surface area (Å²) in [5.41, 5.74) is 0. The summed E-state index contributed by atoms with van der Waals surface area (Å²) in [4.78, 5) is 11.0. The van der Waals surface area contributed by atoms with E-state index in [1.165, 1.54) is 0 Å². The zero-order valence-corrected chi connectivity index (χ0v) is 9.08. The first-order chi connectivity index (χ1) is 6.60. The molecule has 0 saturated heterocycles. The van der Waals surface area contributed by atoms with Gasteiger partial charge in [-0.05, 0) is 20.2 Å². The number of methoxy groups -OCH3 is 1. The Morgan fingerprint density at radius 2 is 2.07 bits per heavy atom. The minimum absolute atomic E-state index is 0.0120. The van der Waals surface area contributed by atoms with Gasteiger partial charge >= 0.3 is 0 Å². The van der Waals surface area contributed by atoms with Gasteiger partial charge in [-0.3, -0.25) is 4.79 Å². The molecule has 0 rings (SSSR count). The lowest BCUT2D eigenvalue weighted by atomic mass is 10.0. The van der Waals surface area contributed by atoms with Gasteiger partial charge < -0.3 is 14.8 Å². The topological polar surface area (TPSA) is 47.6 Å². The standard InChI is InChI=1S/C9H18BNO3/c1-7(2)14-6-8(5-13-3)11-9(12)4-10/h7-8H,4-6H2,1-3H3,(H,11,12). The van der Waals surface area contributed by atoms with Crippen LogP contribution in [-0.4, -0.2) is 46.2 Å². The quantitative estimate of drug-likeness (QED) is 0.593. The Labute approximate surface area is 86.7 Å². The van der Waals surface area contributed by atoms with Crippen molar-refractivity contribution in [3.05, 3.63) is 0 Å². The molecule has 1 unspecified atom stereocenters. The molecule has 4 nitrogen and oxygen atoms in total.